The molecule has 3 atom stereocenters. The molecule has 0 bridgehead atoms. The lowest BCUT2D eigenvalue weighted by molar-refractivity contribution is 0.211. The summed E-state index contributed by atoms with van der Waals surface area (Å²) in [6.45, 7) is 6.81. The second kappa shape index (κ2) is 6.78. The van der Waals surface area contributed by atoms with Crippen LogP contribution in [0.5, 0.6) is 0 Å². The minimum absolute atomic E-state index is 0.393. The van der Waals surface area contributed by atoms with Crippen LogP contribution in [0.3, 0.4) is 0 Å². The molecule has 1 fully saturated rings. The molecule has 0 heterocycles. The van der Waals surface area contributed by atoms with Gasteiger partial charge >= 0.3 is 0 Å². The molecule has 15 heavy (non-hydrogen) atoms. The highest BCUT2D eigenvalue weighted by Gasteiger charge is 2.24. The molecule has 0 spiro atoms. The molecule has 0 radical (unpaired) electrons. The van der Waals surface area contributed by atoms with Crippen molar-refractivity contribution in [1.29, 1.82) is 0 Å². The number of halogens is 1. The van der Waals surface area contributed by atoms with E-state index in [1.807, 2.05) is 0 Å². The molecule has 1 rings (SSSR count). The van der Waals surface area contributed by atoms with Gasteiger partial charge in [-0.05, 0) is 30.6 Å². The Morgan fingerprint density at radius 2 is 1.73 bits per heavy atom. The molecular weight excluding hydrogens is 204 g/mol. The highest BCUT2D eigenvalue weighted by molar-refractivity contribution is 6.20. The third-order valence-corrected chi connectivity index (χ3v) is 4.85. The van der Waals surface area contributed by atoms with E-state index < -0.39 is 0 Å². The van der Waals surface area contributed by atoms with Gasteiger partial charge in [-0.2, -0.15) is 0 Å². The SMILES string of the molecule is CCC1CCCCC1CCC(Cl)C(C)C. The average Bonchev–Trinajstić information content (AvgIpc) is 2.26. The molecule has 0 aromatic carbocycles. The van der Waals surface area contributed by atoms with E-state index in [0.29, 0.717) is 11.3 Å². The van der Waals surface area contributed by atoms with E-state index in [1.54, 1.807) is 0 Å². The lowest BCUT2D eigenvalue weighted by Crippen LogP contribution is -2.20. The first kappa shape index (κ1) is 13.4. The maximum Gasteiger partial charge on any atom is 0.0359 e. The maximum absolute atomic E-state index is 6.33. The maximum atomic E-state index is 6.33. The number of alkyl halides is 1. The molecular formula is C14H27Cl. The topological polar surface area (TPSA) is 0 Å². The van der Waals surface area contributed by atoms with Crippen molar-refractivity contribution in [1.82, 2.24) is 0 Å². The Labute approximate surface area is 101 Å². The van der Waals surface area contributed by atoms with Crippen molar-refractivity contribution >= 4 is 11.6 Å². The molecule has 0 saturated heterocycles. The van der Waals surface area contributed by atoms with Gasteiger partial charge < -0.3 is 0 Å². The molecule has 0 nitrogen and oxygen atoms in total. The van der Waals surface area contributed by atoms with Crippen molar-refractivity contribution in [2.75, 3.05) is 0 Å². The second-order valence-electron chi connectivity index (χ2n) is 5.55. The first-order valence-corrected chi connectivity index (χ1v) is 7.22. The molecule has 0 aromatic heterocycles. The van der Waals surface area contributed by atoms with Crippen LogP contribution in [-0.4, -0.2) is 5.38 Å². The van der Waals surface area contributed by atoms with Crippen molar-refractivity contribution in [3.63, 3.8) is 0 Å². The van der Waals surface area contributed by atoms with Gasteiger partial charge in [0.15, 0.2) is 0 Å². The standard InChI is InChI=1S/C14H27Cl/c1-4-12-7-5-6-8-13(12)9-10-14(15)11(2)3/h11-14H,4-10H2,1-3H3. The molecule has 1 heteroatoms. The fourth-order valence-corrected chi connectivity index (χ4v) is 3.03. The number of rotatable bonds is 5. The van der Waals surface area contributed by atoms with E-state index in [1.165, 1.54) is 44.9 Å². The Morgan fingerprint density at radius 3 is 2.27 bits per heavy atom. The van der Waals surface area contributed by atoms with E-state index in [2.05, 4.69) is 20.8 Å². The zero-order chi connectivity index (χ0) is 11.3. The minimum atomic E-state index is 0.393. The summed E-state index contributed by atoms with van der Waals surface area (Å²) in [6, 6.07) is 0. The van der Waals surface area contributed by atoms with Gasteiger partial charge in [0.25, 0.3) is 0 Å². The van der Waals surface area contributed by atoms with Gasteiger partial charge in [0.1, 0.15) is 0 Å². The van der Waals surface area contributed by atoms with Crippen LogP contribution in [0, 0.1) is 17.8 Å². The van der Waals surface area contributed by atoms with Crippen LogP contribution in [0.1, 0.15) is 65.7 Å². The van der Waals surface area contributed by atoms with Crippen LogP contribution in [-0.2, 0) is 0 Å². The predicted octanol–water partition coefficient (Wildman–Crippen LogP) is 5.25. The van der Waals surface area contributed by atoms with Gasteiger partial charge in [-0.3, -0.25) is 0 Å². The molecule has 1 saturated carbocycles. The van der Waals surface area contributed by atoms with E-state index in [-0.39, 0.29) is 0 Å². The van der Waals surface area contributed by atoms with Crippen LogP contribution in [0.25, 0.3) is 0 Å². The van der Waals surface area contributed by atoms with E-state index in [4.69, 9.17) is 11.6 Å². The van der Waals surface area contributed by atoms with Crippen LogP contribution in [0.15, 0.2) is 0 Å². The Morgan fingerprint density at radius 1 is 1.13 bits per heavy atom. The van der Waals surface area contributed by atoms with Crippen LogP contribution < -0.4 is 0 Å². The second-order valence-corrected chi connectivity index (χ2v) is 6.11. The fraction of sp³-hybridized carbons (Fsp3) is 1.00. The van der Waals surface area contributed by atoms with E-state index >= 15 is 0 Å². The molecule has 0 amide bonds. The smallest absolute Gasteiger partial charge is 0.0359 e. The first-order chi connectivity index (χ1) is 7.15. The Balaban J connectivity index is 2.29. The van der Waals surface area contributed by atoms with Crippen molar-refractivity contribution in [2.45, 2.75) is 71.1 Å². The monoisotopic (exact) mass is 230 g/mol. The van der Waals surface area contributed by atoms with Crippen LogP contribution in [0.2, 0.25) is 0 Å². The highest BCUT2D eigenvalue weighted by Crippen LogP contribution is 2.36. The fourth-order valence-electron chi connectivity index (χ4n) is 2.91. The third-order valence-electron chi connectivity index (χ3n) is 4.13. The average molecular weight is 231 g/mol. The summed E-state index contributed by atoms with van der Waals surface area (Å²) in [5, 5.41) is 0.393. The van der Waals surface area contributed by atoms with Gasteiger partial charge in [-0.15, -0.1) is 11.6 Å². The molecule has 90 valence electrons. The zero-order valence-electron chi connectivity index (χ0n) is 10.6. The Bertz CT molecular complexity index is 165. The number of hydrogen-bond acceptors (Lipinski definition) is 0. The van der Waals surface area contributed by atoms with Gasteiger partial charge in [0.2, 0.25) is 0 Å². The molecule has 0 aromatic rings. The Kier molecular flexibility index (Phi) is 6.04. The van der Waals surface area contributed by atoms with Crippen molar-refractivity contribution < 1.29 is 0 Å². The first-order valence-electron chi connectivity index (χ1n) is 6.79. The summed E-state index contributed by atoms with van der Waals surface area (Å²) in [5.41, 5.74) is 0. The van der Waals surface area contributed by atoms with Gasteiger partial charge in [0.05, 0.1) is 0 Å². The summed E-state index contributed by atoms with van der Waals surface area (Å²) >= 11 is 6.33. The van der Waals surface area contributed by atoms with Gasteiger partial charge in [-0.1, -0.05) is 52.9 Å². The predicted molar refractivity (Wildman–Crippen MR) is 69.5 cm³/mol. The van der Waals surface area contributed by atoms with Crippen LogP contribution >= 0.6 is 11.6 Å². The van der Waals surface area contributed by atoms with Crippen molar-refractivity contribution in [2.24, 2.45) is 17.8 Å². The van der Waals surface area contributed by atoms with Crippen LogP contribution in [0.4, 0.5) is 0 Å². The quantitative estimate of drug-likeness (QED) is 0.566. The molecule has 1 aliphatic rings. The summed E-state index contributed by atoms with van der Waals surface area (Å²) in [4.78, 5) is 0. The van der Waals surface area contributed by atoms with E-state index in [0.717, 1.165) is 11.8 Å². The van der Waals surface area contributed by atoms with Gasteiger partial charge in [0, 0.05) is 5.38 Å². The van der Waals surface area contributed by atoms with E-state index in [9.17, 15) is 0 Å². The van der Waals surface area contributed by atoms with Gasteiger partial charge in [-0.25, -0.2) is 0 Å². The summed E-state index contributed by atoms with van der Waals surface area (Å²) in [6.07, 6.45) is 9.81. The normalized spacial score (nSPS) is 29.4. The molecule has 0 aliphatic heterocycles. The lowest BCUT2D eigenvalue weighted by Gasteiger charge is -2.31. The number of hydrogen-bond donors (Lipinski definition) is 0. The molecule has 1 aliphatic carbocycles. The summed E-state index contributed by atoms with van der Waals surface area (Å²) in [5.74, 6) is 2.61. The lowest BCUT2D eigenvalue weighted by atomic mass is 9.75. The zero-order valence-corrected chi connectivity index (χ0v) is 11.4. The third kappa shape index (κ3) is 4.34. The minimum Gasteiger partial charge on any atom is -0.123 e. The molecule has 3 unspecified atom stereocenters. The highest BCUT2D eigenvalue weighted by atomic mass is 35.5. The molecule has 0 N–H and O–H groups in total. The van der Waals surface area contributed by atoms with Crippen molar-refractivity contribution in [3.05, 3.63) is 0 Å². The summed E-state index contributed by atoms with van der Waals surface area (Å²) in [7, 11) is 0. The summed E-state index contributed by atoms with van der Waals surface area (Å²) < 4.78 is 0. The van der Waals surface area contributed by atoms with Crippen molar-refractivity contribution in [3.8, 4) is 0 Å². The Hall–Kier alpha value is 0.290. The largest absolute Gasteiger partial charge is 0.123 e.